The van der Waals surface area contributed by atoms with Gasteiger partial charge in [-0.1, -0.05) is 35.9 Å². The quantitative estimate of drug-likeness (QED) is 0.324. The van der Waals surface area contributed by atoms with Crippen molar-refractivity contribution in [2.24, 2.45) is 0 Å². The third-order valence-electron chi connectivity index (χ3n) is 6.51. The molecule has 4 rings (SSSR count). The molecule has 2 saturated heterocycles. The number of rotatable bonds is 9. The zero-order valence-corrected chi connectivity index (χ0v) is 21.2. The average Bonchev–Trinajstić information content (AvgIpc) is 3.14. The molecule has 36 heavy (non-hydrogen) atoms. The molecule has 2 aromatic rings. The van der Waals surface area contributed by atoms with E-state index in [9.17, 15) is 14.7 Å². The Morgan fingerprint density at radius 3 is 2.31 bits per heavy atom. The maximum absolute atomic E-state index is 13.3. The van der Waals surface area contributed by atoms with Crippen LogP contribution in [0.3, 0.4) is 0 Å². The van der Waals surface area contributed by atoms with Gasteiger partial charge in [0.2, 0.25) is 0 Å². The smallest absolute Gasteiger partial charge is 0.295 e. The highest BCUT2D eigenvalue weighted by Crippen LogP contribution is 2.42. The molecule has 2 aliphatic rings. The Labute approximate surface area is 212 Å². The molecule has 2 heterocycles. The average molecular weight is 495 g/mol. The summed E-state index contributed by atoms with van der Waals surface area (Å²) in [6, 6.07) is 11.9. The summed E-state index contributed by atoms with van der Waals surface area (Å²) in [5.41, 5.74) is 2.28. The maximum Gasteiger partial charge on any atom is 0.295 e. The van der Waals surface area contributed by atoms with Crippen LogP contribution in [0.2, 0.25) is 0 Å². The predicted molar refractivity (Wildman–Crippen MR) is 136 cm³/mol. The van der Waals surface area contributed by atoms with Crippen molar-refractivity contribution < 1.29 is 28.9 Å². The van der Waals surface area contributed by atoms with Crippen LogP contribution in [0, 0.1) is 6.92 Å². The topological polar surface area (TPSA) is 88.5 Å². The van der Waals surface area contributed by atoms with Crippen molar-refractivity contribution in [3.63, 3.8) is 0 Å². The Bertz CT molecular complexity index is 1120. The molecule has 1 N–H and O–H groups in total. The molecule has 1 amide bonds. The Hall–Kier alpha value is -3.36. The zero-order valence-electron chi connectivity index (χ0n) is 21.2. The van der Waals surface area contributed by atoms with Crippen molar-refractivity contribution in [3.05, 3.63) is 64.7 Å². The molecule has 0 saturated carbocycles. The second kappa shape index (κ2) is 11.6. The highest BCUT2D eigenvalue weighted by atomic mass is 16.5. The van der Waals surface area contributed by atoms with Gasteiger partial charge in [-0.05, 0) is 38.5 Å². The minimum Gasteiger partial charge on any atom is -0.507 e. The fraction of sp³-hybridized carbons (Fsp3) is 0.429. The number of benzene rings is 2. The first-order valence-electron chi connectivity index (χ1n) is 12.5. The van der Waals surface area contributed by atoms with E-state index in [4.69, 9.17) is 14.2 Å². The lowest BCUT2D eigenvalue weighted by Crippen LogP contribution is -2.42. The first-order chi connectivity index (χ1) is 17.4. The number of Topliss-reactive ketones (excluding diaryl/α,β-unsaturated/α-hetero) is 1. The van der Waals surface area contributed by atoms with Gasteiger partial charge in [-0.25, -0.2) is 0 Å². The Morgan fingerprint density at radius 1 is 0.972 bits per heavy atom. The minimum atomic E-state index is -0.748. The number of hydrogen-bond donors (Lipinski definition) is 1. The normalized spacial score (nSPS) is 20.1. The highest BCUT2D eigenvalue weighted by molar-refractivity contribution is 6.46. The molecule has 0 radical (unpaired) electrons. The van der Waals surface area contributed by atoms with Crippen molar-refractivity contribution >= 4 is 17.4 Å². The predicted octanol–water partition coefficient (Wildman–Crippen LogP) is 3.55. The second-order valence-corrected chi connectivity index (χ2v) is 8.88. The number of aryl methyl sites for hydroxylation is 1. The lowest BCUT2D eigenvalue weighted by molar-refractivity contribution is -0.140. The molecule has 192 valence electrons. The number of ether oxygens (including phenoxy) is 3. The molecular formula is C28H34N2O6. The Kier molecular flexibility index (Phi) is 8.28. The van der Waals surface area contributed by atoms with Crippen molar-refractivity contribution in [1.29, 1.82) is 0 Å². The lowest BCUT2D eigenvalue weighted by atomic mass is 9.94. The molecule has 2 aliphatic heterocycles. The first-order valence-corrected chi connectivity index (χ1v) is 12.5. The van der Waals surface area contributed by atoms with Crippen LogP contribution in [0.4, 0.5) is 0 Å². The number of likely N-dealkylation sites (tertiary alicyclic amines) is 1. The molecular weight excluding hydrogens is 460 g/mol. The van der Waals surface area contributed by atoms with E-state index in [1.165, 1.54) is 0 Å². The van der Waals surface area contributed by atoms with E-state index in [-0.39, 0.29) is 11.3 Å². The summed E-state index contributed by atoms with van der Waals surface area (Å²) < 4.78 is 16.9. The second-order valence-electron chi connectivity index (χ2n) is 8.88. The lowest BCUT2D eigenvalue weighted by Gasteiger charge is -2.31. The van der Waals surface area contributed by atoms with Gasteiger partial charge in [0.05, 0.1) is 38.0 Å². The summed E-state index contributed by atoms with van der Waals surface area (Å²) in [7, 11) is 0. The van der Waals surface area contributed by atoms with E-state index in [0.717, 1.165) is 18.7 Å². The number of aliphatic hydroxyl groups excluding tert-OH is 1. The maximum atomic E-state index is 13.3. The van der Waals surface area contributed by atoms with E-state index >= 15 is 0 Å². The highest BCUT2D eigenvalue weighted by Gasteiger charge is 2.46. The molecule has 0 aliphatic carbocycles. The molecule has 2 fully saturated rings. The van der Waals surface area contributed by atoms with Gasteiger partial charge in [0.15, 0.2) is 11.5 Å². The molecule has 8 heteroatoms. The number of aliphatic hydroxyl groups is 1. The van der Waals surface area contributed by atoms with Crippen LogP contribution in [0.15, 0.2) is 48.0 Å². The van der Waals surface area contributed by atoms with Gasteiger partial charge in [0.25, 0.3) is 11.7 Å². The number of carbonyl (C=O) groups excluding carboxylic acids is 2. The Morgan fingerprint density at radius 2 is 1.64 bits per heavy atom. The largest absolute Gasteiger partial charge is 0.507 e. The van der Waals surface area contributed by atoms with Gasteiger partial charge in [0, 0.05) is 31.7 Å². The fourth-order valence-electron chi connectivity index (χ4n) is 4.64. The molecule has 1 unspecified atom stereocenters. The zero-order chi connectivity index (χ0) is 25.7. The first kappa shape index (κ1) is 25.7. The van der Waals surface area contributed by atoms with Gasteiger partial charge in [0.1, 0.15) is 5.76 Å². The van der Waals surface area contributed by atoms with Gasteiger partial charge in [-0.2, -0.15) is 0 Å². The Balaban J connectivity index is 1.77. The van der Waals surface area contributed by atoms with Crippen molar-refractivity contribution in [1.82, 2.24) is 9.80 Å². The van der Waals surface area contributed by atoms with Crippen LogP contribution in [0.25, 0.3) is 5.76 Å². The van der Waals surface area contributed by atoms with Crippen LogP contribution in [0.1, 0.15) is 36.6 Å². The van der Waals surface area contributed by atoms with Crippen molar-refractivity contribution in [2.45, 2.75) is 26.8 Å². The number of morpholine rings is 1. The standard InChI is InChI=1S/C28H34N2O6/c1-4-35-22-11-10-21(18-23(22)36-5-2)25-24(26(31)20-8-6-19(3)7-9-20)27(32)28(33)30(25)13-12-29-14-16-34-17-15-29/h6-11,18,25,31H,4-5,12-17H2,1-3H3. The number of hydrogen-bond acceptors (Lipinski definition) is 7. The summed E-state index contributed by atoms with van der Waals surface area (Å²) in [5.74, 6) is -0.363. The van der Waals surface area contributed by atoms with Crippen LogP contribution >= 0.6 is 0 Å². The van der Waals surface area contributed by atoms with Gasteiger partial charge >= 0.3 is 0 Å². The van der Waals surface area contributed by atoms with E-state index in [0.29, 0.717) is 62.1 Å². The number of carbonyl (C=O) groups is 2. The summed E-state index contributed by atoms with van der Waals surface area (Å²) in [4.78, 5) is 30.4. The third-order valence-corrected chi connectivity index (χ3v) is 6.51. The van der Waals surface area contributed by atoms with Gasteiger partial charge < -0.3 is 24.2 Å². The molecule has 8 nitrogen and oxygen atoms in total. The molecule has 0 spiro atoms. The minimum absolute atomic E-state index is 0.0810. The number of amides is 1. The molecule has 1 atom stereocenters. The molecule has 0 bridgehead atoms. The van der Waals surface area contributed by atoms with Crippen LogP contribution < -0.4 is 9.47 Å². The van der Waals surface area contributed by atoms with Gasteiger partial charge in [-0.3, -0.25) is 14.5 Å². The van der Waals surface area contributed by atoms with E-state index in [1.807, 2.05) is 39.0 Å². The van der Waals surface area contributed by atoms with E-state index in [2.05, 4.69) is 4.90 Å². The van der Waals surface area contributed by atoms with E-state index in [1.54, 1.807) is 29.2 Å². The number of ketones is 1. The monoisotopic (exact) mass is 494 g/mol. The molecule has 2 aromatic carbocycles. The van der Waals surface area contributed by atoms with Crippen molar-refractivity contribution in [3.8, 4) is 11.5 Å². The van der Waals surface area contributed by atoms with Crippen LogP contribution in [-0.2, 0) is 14.3 Å². The molecule has 0 aromatic heterocycles. The summed E-state index contributed by atoms with van der Waals surface area (Å²) in [6.45, 7) is 10.4. The van der Waals surface area contributed by atoms with E-state index < -0.39 is 17.7 Å². The summed E-state index contributed by atoms with van der Waals surface area (Å²) >= 11 is 0. The summed E-state index contributed by atoms with van der Waals surface area (Å²) in [5, 5.41) is 11.3. The SMILES string of the molecule is CCOc1ccc(C2C(=C(O)c3ccc(C)cc3)C(=O)C(=O)N2CCN2CCOCC2)cc1OCC. The third kappa shape index (κ3) is 5.39. The van der Waals surface area contributed by atoms with Crippen LogP contribution in [-0.4, -0.2) is 79.2 Å². The number of nitrogens with zero attached hydrogens (tertiary/aromatic N) is 2. The van der Waals surface area contributed by atoms with Gasteiger partial charge in [-0.15, -0.1) is 0 Å². The van der Waals surface area contributed by atoms with Crippen LogP contribution in [0.5, 0.6) is 11.5 Å². The van der Waals surface area contributed by atoms with Crippen molar-refractivity contribution in [2.75, 3.05) is 52.6 Å². The fourth-order valence-corrected chi connectivity index (χ4v) is 4.64. The summed E-state index contributed by atoms with van der Waals surface area (Å²) in [6.07, 6.45) is 0.